The van der Waals surface area contributed by atoms with Crippen molar-refractivity contribution in [2.24, 2.45) is 0 Å². The number of aryl methyl sites for hydroxylation is 1. The molecule has 1 aliphatic rings. The van der Waals surface area contributed by atoms with Crippen LogP contribution in [0.5, 0.6) is 0 Å². The molecule has 0 saturated heterocycles. The standard InChI is InChI=1S/C16H20N2/c1-3-11(2)17-15-10-6-8-13-12-7-4-5-9-14(12)18-16(13)15/h3-5,7,9,11,15,17-18H,1,6,8,10H2,2H3. The fraction of sp³-hybridized carbons (Fsp3) is 0.375. The molecule has 0 bridgehead atoms. The number of nitrogens with one attached hydrogen (secondary N) is 2. The van der Waals surface area contributed by atoms with E-state index in [0.717, 1.165) is 0 Å². The van der Waals surface area contributed by atoms with Crippen molar-refractivity contribution in [2.45, 2.75) is 38.3 Å². The highest BCUT2D eigenvalue weighted by Gasteiger charge is 2.24. The van der Waals surface area contributed by atoms with E-state index in [9.17, 15) is 0 Å². The molecule has 2 unspecified atom stereocenters. The first kappa shape index (κ1) is 11.5. The lowest BCUT2D eigenvalue weighted by molar-refractivity contribution is 0.434. The van der Waals surface area contributed by atoms with Crippen LogP contribution in [-0.4, -0.2) is 11.0 Å². The Balaban J connectivity index is 2.02. The lowest BCUT2D eigenvalue weighted by Crippen LogP contribution is -2.31. The van der Waals surface area contributed by atoms with Crippen molar-refractivity contribution in [2.75, 3.05) is 0 Å². The fourth-order valence-electron chi connectivity index (χ4n) is 2.97. The Morgan fingerprint density at radius 2 is 2.28 bits per heavy atom. The molecule has 0 spiro atoms. The highest BCUT2D eigenvalue weighted by atomic mass is 15.0. The summed E-state index contributed by atoms with van der Waals surface area (Å²) in [5.41, 5.74) is 4.16. The molecule has 0 amide bonds. The Morgan fingerprint density at radius 1 is 1.44 bits per heavy atom. The summed E-state index contributed by atoms with van der Waals surface area (Å²) < 4.78 is 0. The minimum Gasteiger partial charge on any atom is -0.357 e. The lowest BCUT2D eigenvalue weighted by atomic mass is 9.91. The number of H-pyrrole nitrogens is 1. The van der Waals surface area contributed by atoms with Crippen molar-refractivity contribution in [1.82, 2.24) is 10.3 Å². The summed E-state index contributed by atoms with van der Waals surface area (Å²) >= 11 is 0. The summed E-state index contributed by atoms with van der Waals surface area (Å²) in [6, 6.07) is 9.41. The van der Waals surface area contributed by atoms with Crippen molar-refractivity contribution in [3.8, 4) is 0 Å². The van der Waals surface area contributed by atoms with Crippen LogP contribution in [0, 0.1) is 0 Å². The second kappa shape index (κ2) is 4.62. The fourth-order valence-corrected chi connectivity index (χ4v) is 2.97. The minimum absolute atomic E-state index is 0.354. The summed E-state index contributed by atoms with van der Waals surface area (Å²) in [5, 5.41) is 5.03. The number of rotatable bonds is 3. The van der Waals surface area contributed by atoms with Crippen LogP contribution in [0.4, 0.5) is 0 Å². The van der Waals surface area contributed by atoms with Crippen LogP contribution < -0.4 is 5.32 Å². The van der Waals surface area contributed by atoms with Gasteiger partial charge in [0.1, 0.15) is 0 Å². The quantitative estimate of drug-likeness (QED) is 0.786. The van der Waals surface area contributed by atoms with Crippen LogP contribution >= 0.6 is 0 Å². The molecule has 18 heavy (non-hydrogen) atoms. The molecule has 0 saturated carbocycles. The van der Waals surface area contributed by atoms with Crippen molar-refractivity contribution < 1.29 is 0 Å². The Bertz CT molecular complexity index is 567. The second-order valence-corrected chi connectivity index (χ2v) is 5.20. The molecule has 0 aliphatic heterocycles. The number of para-hydroxylation sites is 1. The molecule has 2 nitrogen and oxygen atoms in total. The maximum Gasteiger partial charge on any atom is 0.0480 e. The number of aromatic nitrogens is 1. The summed E-state index contributed by atoms with van der Waals surface area (Å²) in [6.07, 6.45) is 5.63. The maximum absolute atomic E-state index is 3.85. The topological polar surface area (TPSA) is 27.8 Å². The molecule has 3 rings (SSSR count). The summed E-state index contributed by atoms with van der Waals surface area (Å²) in [4.78, 5) is 3.60. The second-order valence-electron chi connectivity index (χ2n) is 5.20. The maximum atomic E-state index is 3.85. The third-order valence-corrected chi connectivity index (χ3v) is 3.93. The summed E-state index contributed by atoms with van der Waals surface area (Å²) in [5.74, 6) is 0. The number of fused-ring (bicyclic) bond motifs is 3. The zero-order chi connectivity index (χ0) is 12.5. The number of hydrogen-bond acceptors (Lipinski definition) is 1. The van der Waals surface area contributed by atoms with E-state index in [0.29, 0.717) is 12.1 Å². The van der Waals surface area contributed by atoms with Crippen LogP contribution in [0.3, 0.4) is 0 Å². The monoisotopic (exact) mass is 240 g/mol. The average Bonchev–Trinajstić information content (AvgIpc) is 2.78. The molecule has 2 heteroatoms. The first-order valence-electron chi connectivity index (χ1n) is 6.77. The van der Waals surface area contributed by atoms with E-state index in [1.165, 1.54) is 41.4 Å². The van der Waals surface area contributed by atoms with Gasteiger partial charge in [-0.2, -0.15) is 0 Å². The van der Waals surface area contributed by atoms with Crippen LogP contribution in [0.25, 0.3) is 10.9 Å². The van der Waals surface area contributed by atoms with Gasteiger partial charge >= 0.3 is 0 Å². The Labute approximate surface area is 108 Å². The predicted octanol–water partition coefficient (Wildman–Crippen LogP) is 3.71. The van der Waals surface area contributed by atoms with E-state index in [1.807, 2.05) is 6.08 Å². The number of benzene rings is 1. The Hall–Kier alpha value is -1.54. The van der Waals surface area contributed by atoms with Gasteiger partial charge in [0, 0.05) is 28.7 Å². The minimum atomic E-state index is 0.354. The Kier molecular flexibility index (Phi) is 2.96. The molecule has 94 valence electrons. The van der Waals surface area contributed by atoms with Gasteiger partial charge in [-0.1, -0.05) is 24.3 Å². The van der Waals surface area contributed by atoms with E-state index in [-0.39, 0.29) is 0 Å². The van der Waals surface area contributed by atoms with E-state index in [1.54, 1.807) is 0 Å². The first-order chi connectivity index (χ1) is 8.79. The molecule has 1 aromatic carbocycles. The third kappa shape index (κ3) is 1.87. The molecular weight excluding hydrogens is 220 g/mol. The molecule has 1 heterocycles. The van der Waals surface area contributed by atoms with Gasteiger partial charge in [-0.3, -0.25) is 0 Å². The van der Waals surface area contributed by atoms with E-state index < -0.39 is 0 Å². The van der Waals surface area contributed by atoms with Crippen molar-refractivity contribution in [1.29, 1.82) is 0 Å². The van der Waals surface area contributed by atoms with Crippen LogP contribution in [0.15, 0.2) is 36.9 Å². The van der Waals surface area contributed by atoms with Gasteiger partial charge in [0.05, 0.1) is 0 Å². The molecule has 2 N–H and O–H groups in total. The zero-order valence-electron chi connectivity index (χ0n) is 10.9. The van der Waals surface area contributed by atoms with Crippen LogP contribution in [0.1, 0.15) is 37.1 Å². The van der Waals surface area contributed by atoms with Crippen molar-refractivity contribution in [3.63, 3.8) is 0 Å². The highest BCUT2D eigenvalue weighted by Crippen LogP contribution is 2.34. The lowest BCUT2D eigenvalue weighted by Gasteiger charge is -2.26. The molecular formula is C16H20N2. The van der Waals surface area contributed by atoms with E-state index >= 15 is 0 Å². The van der Waals surface area contributed by atoms with Gasteiger partial charge in [-0.15, -0.1) is 6.58 Å². The molecule has 1 aliphatic carbocycles. The van der Waals surface area contributed by atoms with Gasteiger partial charge in [0.2, 0.25) is 0 Å². The first-order valence-corrected chi connectivity index (χ1v) is 6.77. The van der Waals surface area contributed by atoms with Crippen LogP contribution in [-0.2, 0) is 6.42 Å². The largest absolute Gasteiger partial charge is 0.357 e. The number of hydrogen-bond donors (Lipinski definition) is 2. The van der Waals surface area contributed by atoms with Crippen molar-refractivity contribution >= 4 is 10.9 Å². The summed E-state index contributed by atoms with van der Waals surface area (Å²) in [7, 11) is 0. The normalized spacial score (nSPS) is 20.6. The van der Waals surface area contributed by atoms with E-state index in [2.05, 4.69) is 48.1 Å². The smallest absolute Gasteiger partial charge is 0.0480 e. The highest BCUT2D eigenvalue weighted by molar-refractivity contribution is 5.85. The van der Waals surface area contributed by atoms with Gasteiger partial charge in [0.25, 0.3) is 0 Å². The summed E-state index contributed by atoms with van der Waals surface area (Å²) in [6.45, 7) is 6.01. The Morgan fingerprint density at radius 3 is 3.11 bits per heavy atom. The van der Waals surface area contributed by atoms with Gasteiger partial charge in [-0.25, -0.2) is 0 Å². The van der Waals surface area contributed by atoms with Gasteiger partial charge in [-0.05, 0) is 37.8 Å². The van der Waals surface area contributed by atoms with E-state index in [4.69, 9.17) is 0 Å². The number of aromatic amines is 1. The molecule has 0 radical (unpaired) electrons. The molecule has 2 aromatic rings. The zero-order valence-corrected chi connectivity index (χ0v) is 10.9. The van der Waals surface area contributed by atoms with Crippen molar-refractivity contribution in [3.05, 3.63) is 48.2 Å². The van der Waals surface area contributed by atoms with Crippen LogP contribution in [0.2, 0.25) is 0 Å². The SMILES string of the molecule is C=CC(C)NC1CCCc2c1[nH]c1ccccc21. The predicted molar refractivity (Wildman–Crippen MR) is 76.8 cm³/mol. The third-order valence-electron chi connectivity index (χ3n) is 3.93. The van der Waals surface area contributed by atoms with Gasteiger partial charge < -0.3 is 10.3 Å². The molecule has 1 aromatic heterocycles. The average molecular weight is 240 g/mol. The molecule has 2 atom stereocenters. The molecule has 0 fully saturated rings. The van der Waals surface area contributed by atoms with Gasteiger partial charge in [0.15, 0.2) is 0 Å².